The molecule has 5 nitrogen and oxygen atoms in total. The Kier molecular flexibility index (Phi) is 5.88. The lowest BCUT2D eigenvalue weighted by Crippen LogP contribution is -2.28. The fraction of sp³-hybridized carbons (Fsp3) is 0.500. The molecule has 100 valence electrons. The molecule has 0 aromatic heterocycles. The van der Waals surface area contributed by atoms with Crippen LogP contribution in [0.15, 0.2) is 18.2 Å². The van der Waals surface area contributed by atoms with E-state index in [1.807, 2.05) is 0 Å². The molecule has 0 radical (unpaired) electrons. The molecule has 0 aliphatic heterocycles. The highest BCUT2D eigenvalue weighted by atomic mass is 35.5. The minimum Gasteiger partial charge on any atom is -0.377 e. The van der Waals surface area contributed by atoms with Gasteiger partial charge in [-0.1, -0.05) is 31.5 Å². The number of halogens is 1. The minimum atomic E-state index is -0.425. The molecule has 0 saturated carbocycles. The normalized spacial score (nSPS) is 10.7. The molecule has 1 aromatic carbocycles. The van der Waals surface area contributed by atoms with E-state index in [9.17, 15) is 10.1 Å². The Morgan fingerprint density at radius 2 is 2.06 bits per heavy atom. The average Bonchev–Trinajstić information content (AvgIpc) is 2.36. The van der Waals surface area contributed by atoms with Crippen molar-refractivity contribution >= 4 is 23.0 Å². The first-order valence-corrected chi connectivity index (χ1v) is 6.37. The van der Waals surface area contributed by atoms with Crippen molar-refractivity contribution in [3.63, 3.8) is 0 Å². The second kappa shape index (κ2) is 7.18. The van der Waals surface area contributed by atoms with Crippen LogP contribution in [0, 0.1) is 10.1 Å². The zero-order valence-electron chi connectivity index (χ0n) is 10.6. The number of benzene rings is 1. The number of nitro benzene ring substituents is 1. The van der Waals surface area contributed by atoms with Gasteiger partial charge < -0.3 is 10.2 Å². The summed E-state index contributed by atoms with van der Waals surface area (Å²) in [5, 5.41) is 14.3. The molecule has 6 heteroatoms. The molecule has 0 spiro atoms. The third kappa shape index (κ3) is 3.85. The molecule has 1 N–H and O–H groups in total. The summed E-state index contributed by atoms with van der Waals surface area (Å²) in [6.07, 6.45) is 0. The molecule has 0 bridgehead atoms. The van der Waals surface area contributed by atoms with E-state index in [-0.39, 0.29) is 5.69 Å². The molecule has 0 amide bonds. The van der Waals surface area contributed by atoms with Crippen molar-refractivity contribution in [2.24, 2.45) is 0 Å². The van der Waals surface area contributed by atoms with Crippen LogP contribution in [-0.4, -0.2) is 36.0 Å². The lowest BCUT2D eigenvalue weighted by molar-refractivity contribution is -0.383. The number of anilines is 1. The molecule has 0 unspecified atom stereocenters. The first kappa shape index (κ1) is 14.7. The van der Waals surface area contributed by atoms with Gasteiger partial charge in [-0.05, 0) is 19.2 Å². The lowest BCUT2D eigenvalue weighted by Gasteiger charge is -2.18. The van der Waals surface area contributed by atoms with Crippen LogP contribution in [0.3, 0.4) is 0 Å². The fourth-order valence-corrected chi connectivity index (χ4v) is 1.96. The summed E-state index contributed by atoms with van der Waals surface area (Å²) in [5.74, 6) is 0. The first-order chi connectivity index (χ1) is 8.60. The maximum atomic E-state index is 10.9. The van der Waals surface area contributed by atoms with E-state index >= 15 is 0 Å². The Labute approximate surface area is 112 Å². The first-order valence-electron chi connectivity index (χ1n) is 5.99. The SMILES string of the molecule is CCN(CC)CCNc1c(Cl)cccc1[N+](=O)[O-]. The Bertz CT molecular complexity index is 408. The predicted molar refractivity (Wildman–Crippen MR) is 74.4 cm³/mol. The Morgan fingerprint density at radius 1 is 1.39 bits per heavy atom. The summed E-state index contributed by atoms with van der Waals surface area (Å²) in [6.45, 7) is 7.55. The van der Waals surface area contributed by atoms with Gasteiger partial charge in [0.15, 0.2) is 0 Å². The van der Waals surface area contributed by atoms with Crippen LogP contribution in [0.1, 0.15) is 13.8 Å². The molecular formula is C12H18ClN3O2. The van der Waals surface area contributed by atoms with E-state index in [4.69, 9.17) is 11.6 Å². The van der Waals surface area contributed by atoms with Crippen molar-refractivity contribution in [2.45, 2.75) is 13.8 Å². The van der Waals surface area contributed by atoms with Crippen molar-refractivity contribution in [1.82, 2.24) is 4.90 Å². The standard InChI is InChI=1S/C12H18ClN3O2/c1-3-15(4-2)9-8-14-12-10(13)6-5-7-11(12)16(17)18/h5-7,14H,3-4,8-9H2,1-2H3. The van der Waals surface area contributed by atoms with Gasteiger partial charge in [-0.25, -0.2) is 0 Å². The van der Waals surface area contributed by atoms with Gasteiger partial charge in [0.25, 0.3) is 5.69 Å². The molecule has 0 heterocycles. The topological polar surface area (TPSA) is 58.4 Å². The summed E-state index contributed by atoms with van der Waals surface area (Å²) < 4.78 is 0. The highest BCUT2D eigenvalue weighted by Crippen LogP contribution is 2.31. The van der Waals surface area contributed by atoms with Crippen LogP contribution in [0.4, 0.5) is 11.4 Å². The van der Waals surface area contributed by atoms with Crippen LogP contribution in [0.2, 0.25) is 5.02 Å². The highest BCUT2D eigenvalue weighted by molar-refractivity contribution is 6.33. The molecule has 0 aliphatic carbocycles. The van der Waals surface area contributed by atoms with Crippen LogP contribution < -0.4 is 5.32 Å². The molecule has 1 aromatic rings. The molecule has 0 fully saturated rings. The van der Waals surface area contributed by atoms with Crippen LogP contribution in [-0.2, 0) is 0 Å². The smallest absolute Gasteiger partial charge is 0.293 e. The van der Waals surface area contributed by atoms with E-state index in [0.29, 0.717) is 17.3 Å². The highest BCUT2D eigenvalue weighted by Gasteiger charge is 2.15. The summed E-state index contributed by atoms with van der Waals surface area (Å²) in [4.78, 5) is 12.7. The van der Waals surface area contributed by atoms with Gasteiger partial charge in [0.2, 0.25) is 0 Å². The average molecular weight is 272 g/mol. The van der Waals surface area contributed by atoms with Gasteiger partial charge >= 0.3 is 0 Å². The van der Waals surface area contributed by atoms with E-state index in [2.05, 4.69) is 24.1 Å². The number of hydrogen-bond donors (Lipinski definition) is 1. The Morgan fingerprint density at radius 3 is 2.61 bits per heavy atom. The van der Waals surface area contributed by atoms with Crippen LogP contribution in [0.5, 0.6) is 0 Å². The van der Waals surface area contributed by atoms with Gasteiger partial charge in [0.1, 0.15) is 5.69 Å². The van der Waals surface area contributed by atoms with Crippen molar-refractivity contribution < 1.29 is 4.92 Å². The van der Waals surface area contributed by atoms with Gasteiger partial charge in [-0.15, -0.1) is 0 Å². The van der Waals surface area contributed by atoms with Crippen molar-refractivity contribution in [3.8, 4) is 0 Å². The number of rotatable bonds is 7. The molecule has 18 heavy (non-hydrogen) atoms. The monoisotopic (exact) mass is 271 g/mol. The second-order valence-corrected chi connectivity index (χ2v) is 4.25. The van der Waals surface area contributed by atoms with E-state index in [1.165, 1.54) is 6.07 Å². The summed E-state index contributed by atoms with van der Waals surface area (Å²) in [7, 11) is 0. The number of likely N-dealkylation sites (N-methyl/N-ethyl adjacent to an activating group) is 1. The van der Waals surface area contributed by atoms with Gasteiger partial charge in [-0.2, -0.15) is 0 Å². The van der Waals surface area contributed by atoms with Gasteiger partial charge in [0.05, 0.1) is 9.95 Å². The van der Waals surface area contributed by atoms with Gasteiger partial charge in [-0.3, -0.25) is 10.1 Å². The summed E-state index contributed by atoms with van der Waals surface area (Å²) in [6, 6.07) is 4.68. The third-order valence-electron chi connectivity index (χ3n) is 2.81. The molecule has 0 atom stereocenters. The largest absolute Gasteiger partial charge is 0.377 e. The zero-order chi connectivity index (χ0) is 13.5. The van der Waals surface area contributed by atoms with E-state index < -0.39 is 4.92 Å². The Balaban J connectivity index is 2.69. The van der Waals surface area contributed by atoms with Crippen LogP contribution in [0.25, 0.3) is 0 Å². The third-order valence-corrected chi connectivity index (χ3v) is 3.13. The van der Waals surface area contributed by atoms with E-state index in [1.54, 1.807) is 12.1 Å². The summed E-state index contributed by atoms with van der Waals surface area (Å²) in [5.41, 5.74) is 0.415. The predicted octanol–water partition coefficient (Wildman–Crippen LogP) is 3.00. The zero-order valence-corrected chi connectivity index (χ0v) is 11.4. The summed E-state index contributed by atoms with van der Waals surface area (Å²) >= 11 is 5.98. The maximum absolute atomic E-state index is 10.9. The van der Waals surface area contributed by atoms with E-state index in [0.717, 1.165) is 19.6 Å². The number of hydrogen-bond acceptors (Lipinski definition) is 4. The van der Waals surface area contributed by atoms with Gasteiger partial charge in [0, 0.05) is 19.2 Å². The fourth-order valence-electron chi connectivity index (χ4n) is 1.72. The van der Waals surface area contributed by atoms with Crippen molar-refractivity contribution in [3.05, 3.63) is 33.3 Å². The molecular weight excluding hydrogens is 254 g/mol. The molecule has 0 saturated heterocycles. The quantitative estimate of drug-likeness (QED) is 0.612. The molecule has 1 rings (SSSR count). The van der Waals surface area contributed by atoms with Crippen LogP contribution >= 0.6 is 11.6 Å². The van der Waals surface area contributed by atoms with Crippen molar-refractivity contribution in [2.75, 3.05) is 31.5 Å². The Hall–Kier alpha value is -1.33. The number of para-hydroxylation sites is 1. The minimum absolute atomic E-state index is 0.0158. The maximum Gasteiger partial charge on any atom is 0.293 e. The number of nitrogens with zero attached hydrogens (tertiary/aromatic N) is 2. The number of nitrogens with one attached hydrogen (secondary N) is 1. The number of nitro groups is 1. The molecule has 0 aliphatic rings. The lowest BCUT2D eigenvalue weighted by atomic mass is 10.2. The van der Waals surface area contributed by atoms with Crippen molar-refractivity contribution in [1.29, 1.82) is 0 Å². The second-order valence-electron chi connectivity index (χ2n) is 3.84.